The summed E-state index contributed by atoms with van der Waals surface area (Å²) in [5.74, 6) is -3.61. The maximum Gasteiger partial charge on any atom is 0.228 e. The van der Waals surface area contributed by atoms with Crippen molar-refractivity contribution in [2.24, 2.45) is 5.41 Å². The van der Waals surface area contributed by atoms with Crippen molar-refractivity contribution >= 4 is 15.9 Å². The summed E-state index contributed by atoms with van der Waals surface area (Å²) in [7, 11) is -3.83. The number of carbonyl (C=O) groups is 1. The SMILES string of the molecule is CC(C)(C)C(=O)N1C[C@H](F)[C@H](NS(C)(=O)=O)[C@@H]1Cc1cccc(-c2cccc(F)c2F)c1F. The average Bonchev–Trinajstić information content (AvgIpc) is 2.98. The van der Waals surface area contributed by atoms with Crippen molar-refractivity contribution in [3.63, 3.8) is 0 Å². The van der Waals surface area contributed by atoms with Crippen LogP contribution >= 0.6 is 0 Å². The minimum atomic E-state index is -3.83. The number of nitrogens with zero attached hydrogens (tertiary/aromatic N) is 1. The van der Waals surface area contributed by atoms with E-state index >= 15 is 4.39 Å². The van der Waals surface area contributed by atoms with Crippen LogP contribution in [-0.2, 0) is 21.2 Å². The number of likely N-dealkylation sites (tertiary alicyclic amines) is 1. The molecule has 2 aromatic rings. The Balaban J connectivity index is 2.05. The third-order valence-corrected chi connectivity index (χ3v) is 6.28. The number of rotatable bonds is 5. The normalized spacial score (nSPS) is 21.5. The Morgan fingerprint density at radius 1 is 1.06 bits per heavy atom. The second kappa shape index (κ2) is 9.06. The molecule has 3 atom stereocenters. The number of nitrogens with one attached hydrogen (secondary N) is 1. The molecule has 180 valence electrons. The highest BCUT2D eigenvalue weighted by molar-refractivity contribution is 7.88. The van der Waals surface area contributed by atoms with Crippen molar-refractivity contribution in [3.05, 3.63) is 59.4 Å². The van der Waals surface area contributed by atoms with Crippen LogP contribution in [0.4, 0.5) is 17.6 Å². The van der Waals surface area contributed by atoms with E-state index in [0.717, 1.165) is 12.3 Å². The van der Waals surface area contributed by atoms with E-state index in [9.17, 15) is 26.4 Å². The predicted molar refractivity (Wildman–Crippen MR) is 117 cm³/mol. The number of hydrogen-bond donors (Lipinski definition) is 1. The molecule has 1 aliphatic rings. The van der Waals surface area contributed by atoms with Crippen LogP contribution in [-0.4, -0.2) is 50.3 Å². The Bertz CT molecular complexity index is 1160. The summed E-state index contributed by atoms with van der Waals surface area (Å²) in [6.45, 7) is 4.58. The Morgan fingerprint density at radius 3 is 2.21 bits per heavy atom. The molecule has 0 radical (unpaired) electrons. The molecular weight excluding hydrogens is 460 g/mol. The van der Waals surface area contributed by atoms with Crippen molar-refractivity contribution in [2.75, 3.05) is 12.8 Å². The Labute approximate surface area is 190 Å². The quantitative estimate of drug-likeness (QED) is 0.654. The van der Waals surface area contributed by atoms with Gasteiger partial charge in [-0.15, -0.1) is 0 Å². The lowest BCUT2D eigenvalue weighted by atomic mass is 9.92. The number of benzene rings is 2. The molecule has 1 saturated heterocycles. The highest BCUT2D eigenvalue weighted by Gasteiger charge is 2.47. The third-order valence-electron chi connectivity index (χ3n) is 5.58. The first-order chi connectivity index (χ1) is 15.2. The minimum Gasteiger partial charge on any atom is -0.334 e. The molecule has 0 unspecified atom stereocenters. The lowest BCUT2D eigenvalue weighted by Crippen LogP contribution is -2.51. The van der Waals surface area contributed by atoms with Crippen molar-refractivity contribution in [3.8, 4) is 11.1 Å². The van der Waals surface area contributed by atoms with E-state index < -0.39 is 57.1 Å². The van der Waals surface area contributed by atoms with E-state index in [1.165, 1.54) is 35.2 Å². The van der Waals surface area contributed by atoms with Gasteiger partial charge in [0.15, 0.2) is 11.6 Å². The lowest BCUT2D eigenvalue weighted by Gasteiger charge is -2.33. The van der Waals surface area contributed by atoms with Crippen LogP contribution in [0.15, 0.2) is 36.4 Å². The molecule has 1 N–H and O–H groups in total. The topological polar surface area (TPSA) is 66.5 Å². The molecule has 1 fully saturated rings. The molecule has 5 nitrogen and oxygen atoms in total. The van der Waals surface area contributed by atoms with E-state index in [4.69, 9.17) is 0 Å². The molecule has 33 heavy (non-hydrogen) atoms. The van der Waals surface area contributed by atoms with Crippen LogP contribution in [0.5, 0.6) is 0 Å². The summed E-state index contributed by atoms with van der Waals surface area (Å²) in [5.41, 5.74) is -1.34. The van der Waals surface area contributed by atoms with Gasteiger partial charge in [-0.05, 0) is 18.1 Å². The molecule has 0 bridgehead atoms. The van der Waals surface area contributed by atoms with Gasteiger partial charge in [0.25, 0.3) is 0 Å². The average molecular weight is 487 g/mol. The fraction of sp³-hybridized carbons (Fsp3) is 0.435. The van der Waals surface area contributed by atoms with E-state index in [0.29, 0.717) is 0 Å². The van der Waals surface area contributed by atoms with Crippen molar-refractivity contribution in [2.45, 2.75) is 45.4 Å². The van der Waals surface area contributed by atoms with Crippen LogP contribution in [0, 0.1) is 22.9 Å². The monoisotopic (exact) mass is 486 g/mol. The third kappa shape index (κ3) is 5.38. The predicted octanol–water partition coefficient (Wildman–Crippen LogP) is 3.83. The van der Waals surface area contributed by atoms with E-state index in [1.54, 1.807) is 20.8 Å². The highest BCUT2D eigenvalue weighted by Crippen LogP contribution is 2.33. The maximum absolute atomic E-state index is 15.4. The smallest absolute Gasteiger partial charge is 0.228 e. The van der Waals surface area contributed by atoms with Crippen molar-refractivity contribution in [1.82, 2.24) is 9.62 Å². The van der Waals surface area contributed by atoms with E-state index in [1.807, 2.05) is 0 Å². The zero-order valence-electron chi connectivity index (χ0n) is 18.7. The molecule has 1 aliphatic heterocycles. The van der Waals surface area contributed by atoms with Crippen LogP contribution in [0.3, 0.4) is 0 Å². The molecule has 1 heterocycles. The lowest BCUT2D eigenvalue weighted by molar-refractivity contribution is -0.140. The van der Waals surface area contributed by atoms with Gasteiger partial charge in [-0.2, -0.15) is 0 Å². The van der Waals surface area contributed by atoms with Gasteiger partial charge in [-0.3, -0.25) is 4.79 Å². The molecule has 0 aliphatic carbocycles. The fourth-order valence-electron chi connectivity index (χ4n) is 4.06. The van der Waals surface area contributed by atoms with Crippen LogP contribution in [0.2, 0.25) is 0 Å². The Morgan fingerprint density at radius 2 is 1.64 bits per heavy atom. The Kier molecular flexibility index (Phi) is 6.91. The first-order valence-corrected chi connectivity index (χ1v) is 12.2. The Hall–Kier alpha value is -2.46. The number of hydrogen-bond acceptors (Lipinski definition) is 3. The first kappa shape index (κ1) is 25.2. The second-order valence-electron chi connectivity index (χ2n) is 9.29. The molecule has 10 heteroatoms. The summed E-state index contributed by atoms with van der Waals surface area (Å²) in [5, 5.41) is 0. The largest absolute Gasteiger partial charge is 0.334 e. The molecule has 3 rings (SSSR count). The maximum atomic E-state index is 15.4. The van der Waals surface area contributed by atoms with Gasteiger partial charge < -0.3 is 4.90 Å². The van der Waals surface area contributed by atoms with Gasteiger partial charge in [0.1, 0.15) is 12.0 Å². The van der Waals surface area contributed by atoms with Crippen LogP contribution in [0.1, 0.15) is 26.3 Å². The molecular formula is C23H26F4N2O3S. The van der Waals surface area contributed by atoms with Gasteiger partial charge >= 0.3 is 0 Å². The number of sulfonamides is 1. The van der Waals surface area contributed by atoms with Crippen molar-refractivity contribution < 1.29 is 30.8 Å². The van der Waals surface area contributed by atoms with E-state index in [-0.39, 0.29) is 29.7 Å². The summed E-state index contributed by atoms with van der Waals surface area (Å²) in [6, 6.07) is 5.19. The number of halogens is 4. The molecule has 0 aromatic heterocycles. The van der Waals surface area contributed by atoms with Crippen LogP contribution in [0.25, 0.3) is 11.1 Å². The zero-order valence-corrected chi connectivity index (χ0v) is 19.5. The van der Waals surface area contributed by atoms with Crippen molar-refractivity contribution in [1.29, 1.82) is 0 Å². The fourth-order valence-corrected chi connectivity index (χ4v) is 4.85. The second-order valence-corrected chi connectivity index (χ2v) is 11.1. The number of amides is 1. The summed E-state index contributed by atoms with van der Waals surface area (Å²) in [6.07, 6.45) is -1.06. The standard InChI is InChI=1S/C23H26F4N2O3S/c1-23(2,3)22(30)29-12-17(25)21(28-33(4,31)32)18(29)11-13-7-5-8-14(19(13)26)15-9-6-10-16(24)20(15)27/h5-10,17-18,21,28H,11-12H2,1-4H3/t17-,18-,21-/m0/s1. The van der Waals surface area contributed by atoms with Gasteiger partial charge in [0.2, 0.25) is 15.9 Å². The van der Waals surface area contributed by atoms with Gasteiger partial charge in [-0.1, -0.05) is 51.1 Å². The van der Waals surface area contributed by atoms with E-state index in [2.05, 4.69) is 4.72 Å². The van der Waals surface area contributed by atoms with Gasteiger partial charge in [0.05, 0.1) is 24.9 Å². The van der Waals surface area contributed by atoms with Crippen LogP contribution < -0.4 is 4.72 Å². The molecule has 0 spiro atoms. The number of alkyl halides is 1. The zero-order chi connectivity index (χ0) is 24.7. The summed E-state index contributed by atoms with van der Waals surface area (Å²) in [4.78, 5) is 14.2. The van der Waals surface area contributed by atoms with Gasteiger partial charge in [0, 0.05) is 16.5 Å². The summed E-state index contributed by atoms with van der Waals surface area (Å²) < 4.78 is 84.2. The first-order valence-electron chi connectivity index (χ1n) is 10.3. The molecule has 0 saturated carbocycles. The molecule has 1 amide bonds. The number of carbonyl (C=O) groups excluding carboxylic acids is 1. The summed E-state index contributed by atoms with van der Waals surface area (Å²) >= 11 is 0. The highest BCUT2D eigenvalue weighted by atomic mass is 32.2. The molecule has 2 aromatic carbocycles. The van der Waals surface area contributed by atoms with Gasteiger partial charge in [-0.25, -0.2) is 30.7 Å². The minimum absolute atomic E-state index is 0.0160.